The molecule has 0 aromatic rings. The van der Waals surface area contributed by atoms with Crippen molar-refractivity contribution in [1.82, 2.24) is 21.3 Å². The number of hydrogen-bond acceptors (Lipinski definition) is 6. The number of halogens is 6. The third kappa shape index (κ3) is 8.91. The average molecular weight is 532 g/mol. The molecule has 3 atom stereocenters. The average Bonchev–Trinajstić information content (AvgIpc) is 3.45. The van der Waals surface area contributed by atoms with E-state index in [0.29, 0.717) is 13.0 Å². The van der Waals surface area contributed by atoms with E-state index in [9.17, 15) is 45.5 Å². The van der Waals surface area contributed by atoms with Gasteiger partial charge in [0.1, 0.15) is 18.2 Å². The first kappa shape index (κ1) is 29.8. The molecule has 1 aliphatic heterocycles. The van der Waals surface area contributed by atoms with E-state index in [-0.39, 0.29) is 31.6 Å². The van der Waals surface area contributed by atoms with Crippen molar-refractivity contribution in [2.75, 3.05) is 19.7 Å². The summed E-state index contributed by atoms with van der Waals surface area (Å²) in [6.45, 7) is 1.60. The molecule has 0 aromatic heterocycles. The summed E-state index contributed by atoms with van der Waals surface area (Å²) in [5.74, 6) is -4.28. The van der Waals surface area contributed by atoms with Crippen molar-refractivity contribution in [3.05, 3.63) is 0 Å². The highest BCUT2D eigenvalue weighted by Gasteiger charge is 2.63. The number of ether oxygens (including phenoxy) is 1. The van der Waals surface area contributed by atoms with Gasteiger partial charge in [0, 0.05) is 12.5 Å². The predicted octanol–water partition coefficient (Wildman–Crippen LogP) is 1.32. The van der Waals surface area contributed by atoms with Crippen molar-refractivity contribution in [1.29, 1.82) is 0 Å². The maximum atomic E-state index is 13.1. The zero-order valence-electron chi connectivity index (χ0n) is 19.8. The van der Waals surface area contributed by atoms with E-state index in [0.717, 1.165) is 0 Å². The Morgan fingerprint density at radius 3 is 2.19 bits per heavy atom. The fourth-order valence-corrected chi connectivity index (χ4v) is 3.83. The Bertz CT molecular complexity index is 829. The van der Waals surface area contributed by atoms with Crippen LogP contribution in [-0.4, -0.2) is 73.4 Å². The minimum Gasteiger partial charge on any atom is -0.356 e. The number of rotatable bonds is 13. The number of ketones is 1. The van der Waals surface area contributed by atoms with Crippen LogP contribution in [0.3, 0.4) is 0 Å². The summed E-state index contributed by atoms with van der Waals surface area (Å²) in [5, 5.41) is 9.29. The van der Waals surface area contributed by atoms with Crippen molar-refractivity contribution >= 4 is 23.5 Å². The van der Waals surface area contributed by atoms with Crippen LogP contribution in [0.5, 0.6) is 0 Å². The van der Waals surface area contributed by atoms with Gasteiger partial charge in [0.25, 0.3) is 0 Å². The Balaban J connectivity index is 2.06. The Morgan fingerprint density at radius 2 is 1.72 bits per heavy atom. The van der Waals surface area contributed by atoms with Gasteiger partial charge in [0.15, 0.2) is 5.78 Å². The van der Waals surface area contributed by atoms with Crippen LogP contribution in [0, 0.1) is 11.8 Å². The smallest absolute Gasteiger partial charge is 0.356 e. The summed E-state index contributed by atoms with van der Waals surface area (Å²) in [4.78, 5) is 49.5. The molecule has 2 rings (SSSR count). The van der Waals surface area contributed by atoms with Gasteiger partial charge in [-0.3, -0.25) is 29.2 Å². The highest BCUT2D eigenvalue weighted by atomic mass is 19.4. The molecular formula is C21H30F6N4O5. The van der Waals surface area contributed by atoms with Crippen molar-refractivity contribution in [2.45, 2.75) is 76.1 Å². The molecule has 2 fully saturated rings. The molecule has 9 nitrogen and oxygen atoms in total. The second kappa shape index (κ2) is 11.8. The third-order valence-electron chi connectivity index (χ3n) is 6.01. The summed E-state index contributed by atoms with van der Waals surface area (Å²) in [6.07, 6.45) is -9.94. The molecule has 0 aromatic carbocycles. The van der Waals surface area contributed by atoms with Crippen LogP contribution in [-0.2, 0) is 23.9 Å². The molecule has 0 bridgehead atoms. The van der Waals surface area contributed by atoms with E-state index in [1.54, 1.807) is 13.8 Å². The first-order valence-electron chi connectivity index (χ1n) is 11.5. The topological polar surface area (TPSA) is 126 Å². The van der Waals surface area contributed by atoms with Crippen molar-refractivity contribution in [2.24, 2.45) is 11.8 Å². The predicted molar refractivity (Wildman–Crippen MR) is 112 cm³/mol. The van der Waals surface area contributed by atoms with Crippen LogP contribution in [0.25, 0.3) is 0 Å². The van der Waals surface area contributed by atoms with Crippen molar-refractivity contribution in [3.63, 3.8) is 0 Å². The third-order valence-corrected chi connectivity index (χ3v) is 6.01. The number of hydrogen-bond donors (Lipinski definition) is 4. The lowest BCUT2D eigenvalue weighted by Crippen LogP contribution is -2.55. The number of alkyl halides is 6. The second-order valence-electron chi connectivity index (χ2n) is 9.46. The number of Topliss-reactive ketones (excluding diaryl/α,β-unsaturated/α-hetero) is 1. The Hall–Kier alpha value is -2.42. The summed E-state index contributed by atoms with van der Waals surface area (Å²) in [5.41, 5.74) is -2.14. The van der Waals surface area contributed by atoms with Gasteiger partial charge in [-0.1, -0.05) is 13.8 Å². The quantitative estimate of drug-likeness (QED) is 0.265. The van der Waals surface area contributed by atoms with Crippen LogP contribution < -0.4 is 21.3 Å². The maximum absolute atomic E-state index is 13.1. The lowest BCUT2D eigenvalue weighted by molar-refractivity contribution is -0.321. The van der Waals surface area contributed by atoms with Crippen LogP contribution >= 0.6 is 0 Å². The summed E-state index contributed by atoms with van der Waals surface area (Å²) in [7, 11) is 0. The number of carbonyl (C=O) groups is 4. The van der Waals surface area contributed by atoms with Crippen LogP contribution in [0.15, 0.2) is 0 Å². The highest BCUT2D eigenvalue weighted by Crippen LogP contribution is 2.48. The molecule has 36 heavy (non-hydrogen) atoms. The van der Waals surface area contributed by atoms with E-state index in [1.165, 1.54) is 0 Å². The van der Waals surface area contributed by atoms with Crippen molar-refractivity contribution < 1.29 is 50.3 Å². The minimum atomic E-state index is -5.09. The van der Waals surface area contributed by atoms with Gasteiger partial charge >= 0.3 is 12.5 Å². The zero-order valence-corrected chi connectivity index (χ0v) is 19.8. The van der Waals surface area contributed by atoms with Crippen LogP contribution in [0.4, 0.5) is 26.3 Å². The van der Waals surface area contributed by atoms with Crippen LogP contribution in [0.1, 0.15) is 46.0 Å². The maximum Gasteiger partial charge on any atom is 0.522 e. The van der Waals surface area contributed by atoms with E-state index in [1.807, 2.05) is 0 Å². The van der Waals surface area contributed by atoms with Crippen LogP contribution in [0.2, 0.25) is 0 Å². The molecule has 1 saturated carbocycles. The summed E-state index contributed by atoms with van der Waals surface area (Å²) >= 11 is 0. The lowest BCUT2D eigenvalue weighted by Gasteiger charge is -2.26. The molecule has 0 spiro atoms. The van der Waals surface area contributed by atoms with Crippen molar-refractivity contribution in [3.8, 4) is 0 Å². The normalized spacial score (nSPS) is 21.0. The fourth-order valence-electron chi connectivity index (χ4n) is 3.83. The molecule has 206 valence electrons. The number of amides is 3. The van der Waals surface area contributed by atoms with Gasteiger partial charge in [-0.25, -0.2) is 0 Å². The molecule has 3 amide bonds. The van der Waals surface area contributed by atoms with Gasteiger partial charge in [0.05, 0.1) is 12.6 Å². The standard InChI is InChI=1S/C21H30F6N4O5/c1-11(2)7-14(30-16(33)9-29-19(4-5-19)20(22,23)24)18(35)31-13(8-12-3-6-28-17(12)34)15(32)10-36-21(25,26)27/h11-14,29H,3-10H2,1-2H3,(H,28,34)(H,30,33)(H,31,35). The number of nitrogens with one attached hydrogen (secondary N) is 4. The number of carbonyl (C=O) groups excluding carboxylic acids is 4. The molecule has 1 aliphatic carbocycles. The molecule has 1 heterocycles. The lowest BCUT2D eigenvalue weighted by atomic mass is 9.95. The molecule has 2 aliphatic rings. The monoisotopic (exact) mass is 532 g/mol. The first-order valence-corrected chi connectivity index (χ1v) is 11.5. The molecule has 0 radical (unpaired) electrons. The highest BCUT2D eigenvalue weighted by molar-refractivity contribution is 5.94. The molecule has 4 N–H and O–H groups in total. The Labute approximate surface area is 203 Å². The van der Waals surface area contributed by atoms with Gasteiger partial charge in [-0.05, 0) is 38.0 Å². The minimum absolute atomic E-state index is 0.0336. The largest absolute Gasteiger partial charge is 0.522 e. The SMILES string of the molecule is CC(C)CC(NC(=O)CNC1(C(F)(F)F)CC1)C(=O)NC(CC1CCNC1=O)C(=O)COC(F)(F)F. The second-order valence-corrected chi connectivity index (χ2v) is 9.46. The summed E-state index contributed by atoms with van der Waals surface area (Å²) < 4.78 is 80.0. The molecule has 15 heteroatoms. The summed E-state index contributed by atoms with van der Waals surface area (Å²) in [6, 6.07) is -2.80. The zero-order chi connectivity index (χ0) is 27.3. The fraction of sp³-hybridized carbons (Fsp3) is 0.810. The van der Waals surface area contributed by atoms with E-state index >= 15 is 0 Å². The Kier molecular flexibility index (Phi) is 9.73. The van der Waals surface area contributed by atoms with E-state index in [4.69, 9.17) is 0 Å². The molecule has 1 saturated heterocycles. The molecule has 3 unspecified atom stereocenters. The van der Waals surface area contributed by atoms with Gasteiger partial charge in [0.2, 0.25) is 17.7 Å². The van der Waals surface area contributed by atoms with Gasteiger partial charge in [-0.2, -0.15) is 13.2 Å². The Morgan fingerprint density at radius 1 is 1.08 bits per heavy atom. The van der Waals surface area contributed by atoms with Gasteiger partial charge < -0.3 is 16.0 Å². The van der Waals surface area contributed by atoms with E-state index in [2.05, 4.69) is 26.0 Å². The molecular weight excluding hydrogens is 502 g/mol. The van der Waals surface area contributed by atoms with E-state index < -0.39 is 72.7 Å². The first-order chi connectivity index (χ1) is 16.5. The van der Waals surface area contributed by atoms with Gasteiger partial charge in [-0.15, -0.1) is 13.2 Å².